The number of carbonyl (C=O) groups excluding carboxylic acids is 1. The molecule has 5 nitrogen and oxygen atoms in total. The molecule has 0 unspecified atom stereocenters. The quantitative estimate of drug-likeness (QED) is 0.585. The molecule has 0 fully saturated rings. The van der Waals surface area contributed by atoms with Gasteiger partial charge in [0, 0.05) is 10.9 Å². The van der Waals surface area contributed by atoms with Gasteiger partial charge in [-0.2, -0.15) is 18.3 Å². The van der Waals surface area contributed by atoms with Gasteiger partial charge in [0.05, 0.1) is 29.8 Å². The van der Waals surface area contributed by atoms with E-state index >= 15 is 0 Å². The summed E-state index contributed by atoms with van der Waals surface area (Å²) in [5.41, 5.74) is 1.04. The van der Waals surface area contributed by atoms with Gasteiger partial charge in [-0.15, -0.1) is 11.3 Å². The Kier molecular flexibility index (Phi) is 5.31. The van der Waals surface area contributed by atoms with Crippen molar-refractivity contribution < 1.29 is 22.7 Å². The first-order valence-electron chi connectivity index (χ1n) is 8.22. The SMILES string of the molecule is CCOC(=O)c1cnn(-c2nc(-c3cccc(C(F)(F)F)c3)cs2)c1CC. The van der Waals surface area contributed by atoms with E-state index in [1.807, 2.05) is 6.92 Å². The summed E-state index contributed by atoms with van der Waals surface area (Å²) in [6.07, 6.45) is -2.48. The first-order valence-corrected chi connectivity index (χ1v) is 9.10. The van der Waals surface area contributed by atoms with E-state index in [0.717, 1.165) is 12.1 Å². The number of hydrogen-bond acceptors (Lipinski definition) is 5. The topological polar surface area (TPSA) is 57.0 Å². The lowest BCUT2D eigenvalue weighted by atomic mass is 10.1. The molecule has 0 aliphatic rings. The van der Waals surface area contributed by atoms with E-state index in [2.05, 4.69) is 10.1 Å². The minimum absolute atomic E-state index is 0.254. The highest BCUT2D eigenvalue weighted by Crippen LogP contribution is 2.33. The van der Waals surface area contributed by atoms with E-state index in [9.17, 15) is 18.0 Å². The number of carbonyl (C=O) groups is 1. The van der Waals surface area contributed by atoms with Crippen molar-refractivity contribution in [3.05, 3.63) is 52.7 Å². The van der Waals surface area contributed by atoms with Crippen molar-refractivity contribution in [1.82, 2.24) is 14.8 Å². The molecule has 0 aliphatic heterocycles. The summed E-state index contributed by atoms with van der Waals surface area (Å²) in [5, 5.41) is 6.34. The number of thiazole rings is 1. The van der Waals surface area contributed by atoms with Crippen molar-refractivity contribution in [2.24, 2.45) is 0 Å². The van der Waals surface area contributed by atoms with Crippen molar-refractivity contribution in [1.29, 1.82) is 0 Å². The fourth-order valence-electron chi connectivity index (χ4n) is 2.61. The van der Waals surface area contributed by atoms with Gasteiger partial charge >= 0.3 is 12.1 Å². The molecule has 2 aromatic heterocycles. The molecule has 0 radical (unpaired) electrons. The Morgan fingerprint density at radius 1 is 1.30 bits per heavy atom. The maximum absolute atomic E-state index is 12.9. The Balaban J connectivity index is 1.96. The number of rotatable bonds is 5. The van der Waals surface area contributed by atoms with Gasteiger partial charge in [0.25, 0.3) is 0 Å². The number of esters is 1. The van der Waals surface area contributed by atoms with Crippen molar-refractivity contribution >= 4 is 17.3 Å². The molecule has 9 heteroatoms. The second kappa shape index (κ2) is 7.51. The molecule has 0 N–H and O–H groups in total. The summed E-state index contributed by atoms with van der Waals surface area (Å²) < 4.78 is 45.3. The number of alkyl halides is 3. The van der Waals surface area contributed by atoms with Crippen LogP contribution in [0.4, 0.5) is 13.2 Å². The third-order valence-electron chi connectivity index (χ3n) is 3.86. The van der Waals surface area contributed by atoms with Gasteiger partial charge in [0.1, 0.15) is 5.56 Å². The molecule has 0 amide bonds. The molecule has 27 heavy (non-hydrogen) atoms. The lowest BCUT2D eigenvalue weighted by Gasteiger charge is -2.07. The van der Waals surface area contributed by atoms with Crippen molar-refractivity contribution in [2.75, 3.05) is 6.61 Å². The molecule has 1 aromatic carbocycles. The number of ether oxygens (including phenoxy) is 1. The second-order valence-corrected chi connectivity index (χ2v) is 6.42. The van der Waals surface area contributed by atoms with Crippen LogP contribution in [0.25, 0.3) is 16.4 Å². The number of benzene rings is 1. The van der Waals surface area contributed by atoms with E-state index in [1.165, 1.54) is 28.3 Å². The van der Waals surface area contributed by atoms with Crippen LogP contribution in [0, 0.1) is 0 Å². The largest absolute Gasteiger partial charge is 0.462 e. The monoisotopic (exact) mass is 395 g/mol. The zero-order chi connectivity index (χ0) is 19.6. The first kappa shape index (κ1) is 19.1. The third-order valence-corrected chi connectivity index (χ3v) is 4.67. The van der Waals surface area contributed by atoms with Crippen LogP contribution in [0.5, 0.6) is 0 Å². The Morgan fingerprint density at radius 3 is 2.74 bits per heavy atom. The maximum atomic E-state index is 12.9. The Bertz CT molecular complexity index is 963. The van der Waals surface area contributed by atoms with E-state index in [0.29, 0.717) is 34.1 Å². The van der Waals surface area contributed by atoms with Crippen LogP contribution in [0.15, 0.2) is 35.8 Å². The zero-order valence-corrected chi connectivity index (χ0v) is 15.4. The fourth-order valence-corrected chi connectivity index (χ4v) is 3.42. The average molecular weight is 395 g/mol. The van der Waals surface area contributed by atoms with Crippen molar-refractivity contribution in [3.8, 4) is 16.4 Å². The van der Waals surface area contributed by atoms with Crippen LogP contribution < -0.4 is 0 Å². The smallest absolute Gasteiger partial charge is 0.416 e. The number of halogens is 3. The molecular weight excluding hydrogens is 379 g/mol. The molecule has 3 aromatic rings. The van der Waals surface area contributed by atoms with Gasteiger partial charge in [-0.05, 0) is 25.5 Å². The van der Waals surface area contributed by atoms with E-state index < -0.39 is 17.7 Å². The molecular formula is C18H16F3N3O2S. The summed E-state index contributed by atoms with van der Waals surface area (Å²) in [7, 11) is 0. The normalized spacial score (nSPS) is 11.6. The predicted molar refractivity (Wildman–Crippen MR) is 95.0 cm³/mol. The van der Waals surface area contributed by atoms with Crippen LogP contribution in [0.1, 0.15) is 35.5 Å². The Labute approximate surface area is 157 Å². The molecule has 0 spiro atoms. The standard InChI is InChI=1S/C18H16F3N3O2S/c1-3-15-13(16(25)26-4-2)9-22-24(15)17-23-14(10-27-17)11-6-5-7-12(8-11)18(19,20)21/h5-10H,3-4H2,1-2H3. The summed E-state index contributed by atoms with van der Waals surface area (Å²) in [4.78, 5) is 16.4. The number of hydrogen-bond donors (Lipinski definition) is 0. The van der Waals surface area contributed by atoms with Crippen LogP contribution in [0.3, 0.4) is 0 Å². The van der Waals surface area contributed by atoms with Gasteiger partial charge < -0.3 is 4.74 Å². The first-order chi connectivity index (χ1) is 12.8. The molecule has 0 atom stereocenters. The van der Waals surface area contributed by atoms with Crippen LogP contribution >= 0.6 is 11.3 Å². The van der Waals surface area contributed by atoms with Crippen molar-refractivity contribution in [3.63, 3.8) is 0 Å². The molecule has 0 saturated carbocycles. The Hall–Kier alpha value is -2.68. The highest BCUT2D eigenvalue weighted by molar-refractivity contribution is 7.12. The second-order valence-electron chi connectivity index (χ2n) is 5.58. The van der Waals surface area contributed by atoms with Gasteiger partial charge in [0.2, 0.25) is 5.13 Å². The van der Waals surface area contributed by atoms with Gasteiger partial charge in [-0.3, -0.25) is 0 Å². The predicted octanol–water partition coefficient (Wildman–Crippen LogP) is 4.75. The summed E-state index contributed by atoms with van der Waals surface area (Å²) in [5.74, 6) is -0.463. The van der Waals surface area contributed by atoms with Gasteiger partial charge in [-0.1, -0.05) is 19.1 Å². The average Bonchev–Trinajstić information content (AvgIpc) is 3.28. The maximum Gasteiger partial charge on any atom is 0.416 e. The summed E-state index contributed by atoms with van der Waals surface area (Å²) >= 11 is 1.23. The highest BCUT2D eigenvalue weighted by Gasteiger charge is 2.30. The lowest BCUT2D eigenvalue weighted by Crippen LogP contribution is -2.09. The lowest BCUT2D eigenvalue weighted by molar-refractivity contribution is -0.137. The van der Waals surface area contributed by atoms with E-state index in [-0.39, 0.29) is 6.61 Å². The molecule has 0 aliphatic carbocycles. The molecule has 0 saturated heterocycles. The Morgan fingerprint density at radius 2 is 2.07 bits per heavy atom. The molecule has 2 heterocycles. The fraction of sp³-hybridized carbons (Fsp3) is 0.278. The van der Waals surface area contributed by atoms with Gasteiger partial charge in [-0.25, -0.2) is 14.5 Å². The minimum Gasteiger partial charge on any atom is -0.462 e. The highest BCUT2D eigenvalue weighted by atomic mass is 32.1. The number of nitrogens with zero attached hydrogens (tertiary/aromatic N) is 3. The van der Waals surface area contributed by atoms with E-state index in [1.54, 1.807) is 18.4 Å². The summed E-state index contributed by atoms with van der Waals surface area (Å²) in [6.45, 7) is 3.85. The van der Waals surface area contributed by atoms with Gasteiger partial charge in [0.15, 0.2) is 0 Å². The minimum atomic E-state index is -4.42. The van der Waals surface area contributed by atoms with Crippen LogP contribution in [-0.4, -0.2) is 27.3 Å². The van der Waals surface area contributed by atoms with Crippen molar-refractivity contribution in [2.45, 2.75) is 26.4 Å². The molecule has 3 rings (SSSR count). The molecule has 142 valence electrons. The van der Waals surface area contributed by atoms with E-state index in [4.69, 9.17) is 4.74 Å². The van der Waals surface area contributed by atoms with Crippen LogP contribution in [-0.2, 0) is 17.3 Å². The molecule has 0 bridgehead atoms. The summed E-state index contributed by atoms with van der Waals surface area (Å²) in [6, 6.07) is 5.00. The zero-order valence-electron chi connectivity index (χ0n) is 14.6. The van der Waals surface area contributed by atoms with Crippen LogP contribution in [0.2, 0.25) is 0 Å². The third kappa shape index (κ3) is 3.87. The number of aromatic nitrogens is 3.